The number of ketones is 1. The van der Waals surface area contributed by atoms with Gasteiger partial charge in [0.25, 0.3) is 0 Å². The first-order valence-corrected chi connectivity index (χ1v) is 6.71. The van der Waals surface area contributed by atoms with Gasteiger partial charge in [0, 0.05) is 23.5 Å². The zero-order chi connectivity index (χ0) is 14.5. The lowest BCUT2D eigenvalue weighted by molar-refractivity contribution is 0.104. The summed E-state index contributed by atoms with van der Waals surface area (Å²) in [5.74, 6) is 0.784. The van der Waals surface area contributed by atoms with Gasteiger partial charge in [0.05, 0.1) is 0 Å². The Morgan fingerprint density at radius 3 is 2.52 bits per heavy atom. The van der Waals surface area contributed by atoms with E-state index >= 15 is 0 Å². The van der Waals surface area contributed by atoms with Crippen LogP contribution in [0.3, 0.4) is 0 Å². The van der Waals surface area contributed by atoms with Crippen molar-refractivity contribution in [2.24, 2.45) is 0 Å². The Hall–Kier alpha value is -2.94. The van der Waals surface area contributed by atoms with Crippen molar-refractivity contribution in [3.63, 3.8) is 0 Å². The third kappa shape index (κ3) is 2.98. The molecule has 21 heavy (non-hydrogen) atoms. The van der Waals surface area contributed by atoms with Gasteiger partial charge < -0.3 is 4.98 Å². The van der Waals surface area contributed by atoms with Crippen molar-refractivity contribution in [3.8, 4) is 11.4 Å². The molecular weight excluding hydrogens is 260 g/mol. The number of H-pyrrole nitrogens is 1. The van der Waals surface area contributed by atoms with E-state index < -0.39 is 0 Å². The Bertz CT molecular complexity index is 759. The van der Waals surface area contributed by atoms with E-state index in [-0.39, 0.29) is 5.78 Å². The molecule has 0 saturated carbocycles. The third-order valence-corrected chi connectivity index (χ3v) is 3.19. The predicted octanol–water partition coefficient (Wildman–Crippen LogP) is 3.97. The van der Waals surface area contributed by atoms with Crippen LogP contribution in [0.5, 0.6) is 0 Å². The molecule has 1 aromatic heterocycles. The van der Waals surface area contributed by atoms with Gasteiger partial charge in [0.2, 0.25) is 0 Å². The molecule has 1 heterocycles. The average molecular weight is 274 g/mol. The fourth-order valence-corrected chi connectivity index (χ4v) is 2.13. The maximum absolute atomic E-state index is 12.1. The molecule has 2 aromatic carbocycles. The molecule has 1 N–H and O–H groups in total. The molecule has 0 radical (unpaired) electrons. The highest BCUT2D eigenvalue weighted by molar-refractivity contribution is 6.07. The molecule has 0 atom stereocenters. The van der Waals surface area contributed by atoms with Crippen LogP contribution in [0.15, 0.2) is 73.1 Å². The van der Waals surface area contributed by atoms with Crippen molar-refractivity contribution in [2.45, 2.75) is 0 Å². The summed E-state index contributed by atoms with van der Waals surface area (Å²) in [6.07, 6.45) is 6.92. The van der Waals surface area contributed by atoms with Crippen molar-refractivity contribution in [2.75, 3.05) is 0 Å². The molecule has 0 saturated heterocycles. The largest absolute Gasteiger partial charge is 0.345 e. The Labute approximate surface area is 123 Å². The predicted molar refractivity (Wildman–Crippen MR) is 83.8 cm³/mol. The quantitative estimate of drug-likeness (QED) is 0.578. The van der Waals surface area contributed by atoms with Crippen molar-refractivity contribution >= 4 is 11.9 Å². The molecule has 0 aliphatic carbocycles. The number of carbonyl (C=O) groups excluding carboxylic acids is 1. The molecule has 102 valence electrons. The van der Waals surface area contributed by atoms with Crippen molar-refractivity contribution in [1.29, 1.82) is 0 Å². The van der Waals surface area contributed by atoms with Crippen molar-refractivity contribution in [3.05, 3.63) is 84.2 Å². The monoisotopic (exact) mass is 274 g/mol. The van der Waals surface area contributed by atoms with Crippen LogP contribution in [0.25, 0.3) is 17.5 Å². The Morgan fingerprint density at radius 2 is 1.76 bits per heavy atom. The number of hydrogen-bond donors (Lipinski definition) is 1. The molecule has 0 fully saturated rings. The van der Waals surface area contributed by atoms with Gasteiger partial charge in [-0.15, -0.1) is 0 Å². The number of hydrogen-bond acceptors (Lipinski definition) is 2. The summed E-state index contributed by atoms with van der Waals surface area (Å²) in [7, 11) is 0. The van der Waals surface area contributed by atoms with Crippen LogP contribution in [-0.2, 0) is 0 Å². The number of aromatic amines is 1. The van der Waals surface area contributed by atoms with Crippen LogP contribution < -0.4 is 0 Å². The lowest BCUT2D eigenvalue weighted by Gasteiger charge is -2.02. The van der Waals surface area contributed by atoms with Gasteiger partial charge in [0.1, 0.15) is 5.82 Å². The van der Waals surface area contributed by atoms with E-state index in [1.165, 1.54) is 0 Å². The number of nitrogens with zero attached hydrogens (tertiary/aromatic N) is 1. The first kappa shape index (κ1) is 13.1. The standard InChI is InChI=1S/C18H14N2O/c21-17(15-7-2-1-3-8-15)11-10-14-6-4-5-9-16(14)18-19-12-13-20-18/h1-13H,(H,19,20). The molecule has 0 amide bonds. The second-order valence-electron chi connectivity index (χ2n) is 4.59. The summed E-state index contributed by atoms with van der Waals surface area (Å²) in [6.45, 7) is 0. The normalized spacial score (nSPS) is 10.9. The summed E-state index contributed by atoms with van der Waals surface area (Å²) in [4.78, 5) is 19.4. The minimum atomic E-state index is -0.00940. The summed E-state index contributed by atoms with van der Waals surface area (Å²) in [5, 5.41) is 0. The SMILES string of the molecule is O=C(C=Cc1ccccc1-c1ncc[nH]1)c1ccccc1. The second kappa shape index (κ2) is 6.01. The zero-order valence-corrected chi connectivity index (χ0v) is 11.4. The maximum atomic E-state index is 12.1. The summed E-state index contributed by atoms with van der Waals surface area (Å²) in [5.41, 5.74) is 2.61. The van der Waals surface area contributed by atoms with Gasteiger partial charge in [-0.25, -0.2) is 4.98 Å². The van der Waals surface area contributed by atoms with Crippen LogP contribution in [0.1, 0.15) is 15.9 Å². The molecule has 3 nitrogen and oxygen atoms in total. The molecular formula is C18H14N2O. The summed E-state index contributed by atoms with van der Waals surface area (Å²) in [6, 6.07) is 17.1. The highest BCUT2D eigenvalue weighted by atomic mass is 16.1. The molecule has 0 bridgehead atoms. The van der Waals surface area contributed by atoms with Crippen LogP contribution in [0.2, 0.25) is 0 Å². The fraction of sp³-hybridized carbons (Fsp3) is 0. The highest BCUT2D eigenvalue weighted by Crippen LogP contribution is 2.21. The molecule has 0 spiro atoms. The zero-order valence-electron chi connectivity index (χ0n) is 11.4. The van der Waals surface area contributed by atoms with E-state index in [4.69, 9.17) is 0 Å². The number of allylic oxidation sites excluding steroid dienone is 1. The number of rotatable bonds is 4. The highest BCUT2D eigenvalue weighted by Gasteiger charge is 2.05. The number of imidazole rings is 1. The van der Waals surface area contributed by atoms with Gasteiger partial charge in [-0.2, -0.15) is 0 Å². The van der Waals surface area contributed by atoms with Crippen LogP contribution >= 0.6 is 0 Å². The van der Waals surface area contributed by atoms with E-state index in [2.05, 4.69) is 9.97 Å². The minimum Gasteiger partial charge on any atom is -0.345 e. The van der Waals surface area contributed by atoms with E-state index in [0.29, 0.717) is 5.56 Å². The Kier molecular flexibility index (Phi) is 3.74. The Balaban J connectivity index is 1.89. The molecule has 0 aliphatic heterocycles. The van der Waals surface area contributed by atoms with Crippen molar-refractivity contribution < 1.29 is 4.79 Å². The van der Waals surface area contributed by atoms with E-state index in [1.807, 2.05) is 60.7 Å². The van der Waals surface area contributed by atoms with Crippen molar-refractivity contribution in [1.82, 2.24) is 9.97 Å². The second-order valence-corrected chi connectivity index (χ2v) is 4.59. The average Bonchev–Trinajstić information content (AvgIpc) is 3.08. The first-order chi connectivity index (χ1) is 10.3. The van der Waals surface area contributed by atoms with E-state index in [1.54, 1.807) is 18.5 Å². The minimum absolute atomic E-state index is 0.00940. The molecule has 3 rings (SSSR count). The Morgan fingerprint density at radius 1 is 1.00 bits per heavy atom. The van der Waals surface area contributed by atoms with Gasteiger partial charge >= 0.3 is 0 Å². The lowest BCUT2D eigenvalue weighted by atomic mass is 10.0. The molecule has 0 aliphatic rings. The van der Waals surface area contributed by atoms with Gasteiger partial charge in [-0.1, -0.05) is 60.7 Å². The topological polar surface area (TPSA) is 45.8 Å². The number of benzene rings is 2. The molecule has 3 aromatic rings. The van der Waals surface area contributed by atoms with Gasteiger partial charge in [0.15, 0.2) is 5.78 Å². The van der Waals surface area contributed by atoms with Crippen LogP contribution in [-0.4, -0.2) is 15.8 Å². The maximum Gasteiger partial charge on any atom is 0.185 e. The lowest BCUT2D eigenvalue weighted by Crippen LogP contribution is -1.93. The number of carbonyl (C=O) groups is 1. The summed E-state index contributed by atoms with van der Waals surface area (Å²) < 4.78 is 0. The molecule has 3 heteroatoms. The number of nitrogens with one attached hydrogen (secondary N) is 1. The van der Waals surface area contributed by atoms with Crippen LogP contribution in [0.4, 0.5) is 0 Å². The smallest absolute Gasteiger partial charge is 0.185 e. The first-order valence-electron chi connectivity index (χ1n) is 6.71. The van der Waals surface area contributed by atoms with E-state index in [0.717, 1.165) is 17.0 Å². The van der Waals surface area contributed by atoms with Gasteiger partial charge in [-0.05, 0) is 11.6 Å². The van der Waals surface area contributed by atoms with Crippen LogP contribution in [0, 0.1) is 0 Å². The number of aromatic nitrogens is 2. The fourth-order valence-electron chi connectivity index (χ4n) is 2.13. The van der Waals surface area contributed by atoms with Gasteiger partial charge in [-0.3, -0.25) is 4.79 Å². The summed E-state index contributed by atoms with van der Waals surface area (Å²) >= 11 is 0. The molecule has 0 unspecified atom stereocenters. The third-order valence-electron chi connectivity index (χ3n) is 3.19. The van der Waals surface area contributed by atoms with E-state index in [9.17, 15) is 4.79 Å².